The van der Waals surface area contributed by atoms with E-state index >= 15 is 0 Å². The number of nitrogens with zero attached hydrogens (tertiary/aromatic N) is 3. The Hall–Kier alpha value is -1.62. The summed E-state index contributed by atoms with van der Waals surface area (Å²) in [6, 6.07) is 9.60. The van der Waals surface area contributed by atoms with Crippen molar-refractivity contribution in [3.63, 3.8) is 0 Å². The second-order valence-corrected chi connectivity index (χ2v) is 4.27. The first kappa shape index (κ1) is 9.59. The molecule has 4 nitrogen and oxygen atoms in total. The lowest BCUT2D eigenvalue weighted by molar-refractivity contribution is 0.550. The van der Waals surface area contributed by atoms with Gasteiger partial charge in [-0.15, -0.1) is 10.2 Å². The van der Waals surface area contributed by atoms with Crippen LogP contribution in [0.5, 0.6) is 0 Å². The van der Waals surface area contributed by atoms with Crippen LogP contribution in [-0.4, -0.2) is 14.6 Å². The fraction of sp³-hybridized carbons (Fsp3) is 0.0909. The predicted octanol–water partition coefficient (Wildman–Crippen LogP) is 3.06. The minimum atomic E-state index is 0.688. The molecule has 0 fully saturated rings. The van der Waals surface area contributed by atoms with Crippen molar-refractivity contribution in [1.29, 1.82) is 0 Å². The molecule has 0 N–H and O–H groups in total. The minimum Gasteiger partial charge on any atom is -0.446 e. The maximum Gasteiger partial charge on any atom is 0.204 e. The van der Waals surface area contributed by atoms with Crippen LogP contribution in [0.15, 0.2) is 39.4 Å². The molecule has 5 heteroatoms. The van der Waals surface area contributed by atoms with Crippen molar-refractivity contribution in [3.05, 3.63) is 40.7 Å². The topological polar surface area (TPSA) is 43.3 Å². The Kier molecular flexibility index (Phi) is 2.07. The van der Waals surface area contributed by atoms with Crippen LogP contribution in [0.1, 0.15) is 5.69 Å². The Morgan fingerprint density at radius 1 is 1.19 bits per heavy atom. The van der Waals surface area contributed by atoms with Gasteiger partial charge in [-0.3, -0.25) is 4.40 Å². The van der Waals surface area contributed by atoms with Gasteiger partial charge in [-0.2, -0.15) is 0 Å². The molecule has 3 aromatic rings. The molecule has 0 spiro atoms. The van der Waals surface area contributed by atoms with Crippen LogP contribution in [0.25, 0.3) is 17.2 Å². The van der Waals surface area contributed by atoms with Crippen molar-refractivity contribution >= 4 is 21.6 Å². The molecule has 0 amide bonds. The van der Waals surface area contributed by atoms with E-state index in [-0.39, 0.29) is 0 Å². The largest absolute Gasteiger partial charge is 0.446 e. The van der Waals surface area contributed by atoms with Gasteiger partial charge in [0.2, 0.25) is 5.82 Å². The Morgan fingerprint density at radius 2 is 2.06 bits per heavy atom. The zero-order valence-electron chi connectivity index (χ0n) is 8.51. The maximum atomic E-state index is 5.48. The first-order valence-electron chi connectivity index (χ1n) is 4.82. The average molecular weight is 278 g/mol. The molecule has 3 aromatic heterocycles. The third-order valence-electron chi connectivity index (χ3n) is 2.42. The quantitative estimate of drug-likeness (QED) is 0.687. The van der Waals surface area contributed by atoms with Crippen molar-refractivity contribution in [2.45, 2.75) is 6.92 Å². The summed E-state index contributed by atoms with van der Waals surface area (Å²) < 4.78 is 8.14. The van der Waals surface area contributed by atoms with Crippen molar-refractivity contribution in [2.24, 2.45) is 0 Å². The number of hydrogen-bond donors (Lipinski definition) is 0. The summed E-state index contributed by atoms with van der Waals surface area (Å²) in [6.07, 6.45) is 0. The lowest BCUT2D eigenvalue weighted by Crippen LogP contribution is -1.92. The third kappa shape index (κ3) is 1.36. The summed E-state index contributed by atoms with van der Waals surface area (Å²) in [6.45, 7) is 2.01. The van der Waals surface area contributed by atoms with Gasteiger partial charge in [0.05, 0.1) is 0 Å². The van der Waals surface area contributed by atoms with Crippen molar-refractivity contribution < 1.29 is 4.42 Å². The summed E-state index contributed by atoms with van der Waals surface area (Å²) in [5.74, 6) is 1.42. The first-order chi connectivity index (χ1) is 7.75. The second kappa shape index (κ2) is 3.45. The summed E-state index contributed by atoms with van der Waals surface area (Å²) >= 11 is 3.28. The van der Waals surface area contributed by atoms with Gasteiger partial charge in [-0.05, 0) is 47.1 Å². The van der Waals surface area contributed by atoms with E-state index in [4.69, 9.17) is 4.42 Å². The van der Waals surface area contributed by atoms with E-state index in [0.717, 1.165) is 17.2 Å². The summed E-state index contributed by atoms with van der Waals surface area (Å²) in [5.41, 5.74) is 1.90. The van der Waals surface area contributed by atoms with Crippen LogP contribution >= 0.6 is 15.9 Å². The highest BCUT2D eigenvalue weighted by atomic mass is 79.9. The van der Waals surface area contributed by atoms with Crippen LogP contribution in [0.4, 0.5) is 0 Å². The van der Waals surface area contributed by atoms with E-state index in [0.29, 0.717) is 10.4 Å². The Bertz CT molecular complexity index is 656. The highest BCUT2D eigenvalue weighted by Crippen LogP contribution is 2.24. The normalized spacial score (nSPS) is 11.1. The molecule has 0 aliphatic rings. The molecule has 0 aliphatic carbocycles. The molecule has 0 aromatic carbocycles. The van der Waals surface area contributed by atoms with Gasteiger partial charge in [-0.25, -0.2) is 0 Å². The van der Waals surface area contributed by atoms with E-state index in [1.54, 1.807) is 0 Å². The van der Waals surface area contributed by atoms with E-state index in [1.165, 1.54) is 0 Å². The first-order valence-corrected chi connectivity index (χ1v) is 5.61. The standard InChI is InChI=1S/C11H8BrN3O/c1-7-3-2-4-10-13-14-11(15(7)10)8-5-6-9(12)16-8/h2-6H,1H3. The maximum absolute atomic E-state index is 5.48. The lowest BCUT2D eigenvalue weighted by atomic mass is 10.3. The molecular formula is C11H8BrN3O. The fourth-order valence-electron chi connectivity index (χ4n) is 1.69. The fourth-order valence-corrected chi connectivity index (χ4v) is 2.00. The summed E-state index contributed by atoms with van der Waals surface area (Å²) in [4.78, 5) is 0. The molecule has 0 aliphatic heterocycles. The second-order valence-electron chi connectivity index (χ2n) is 3.49. The van der Waals surface area contributed by atoms with Crippen LogP contribution in [0.2, 0.25) is 0 Å². The highest BCUT2D eigenvalue weighted by Gasteiger charge is 2.12. The van der Waals surface area contributed by atoms with Gasteiger partial charge in [0, 0.05) is 5.69 Å². The predicted molar refractivity (Wildman–Crippen MR) is 63.1 cm³/mol. The Labute approximate surface area is 100 Å². The number of pyridine rings is 1. The van der Waals surface area contributed by atoms with Gasteiger partial charge in [0.15, 0.2) is 16.1 Å². The highest BCUT2D eigenvalue weighted by molar-refractivity contribution is 9.10. The molecule has 3 heterocycles. The molecule has 80 valence electrons. The van der Waals surface area contributed by atoms with Crippen molar-refractivity contribution in [3.8, 4) is 11.6 Å². The summed E-state index contributed by atoms with van der Waals surface area (Å²) in [5, 5.41) is 8.24. The number of hydrogen-bond acceptors (Lipinski definition) is 3. The van der Waals surface area contributed by atoms with E-state index in [9.17, 15) is 0 Å². The van der Waals surface area contributed by atoms with E-state index in [2.05, 4.69) is 26.1 Å². The van der Waals surface area contributed by atoms with Crippen LogP contribution in [0.3, 0.4) is 0 Å². The molecule has 16 heavy (non-hydrogen) atoms. The number of fused-ring (bicyclic) bond motifs is 1. The van der Waals surface area contributed by atoms with E-state index in [1.807, 2.05) is 41.7 Å². The zero-order valence-corrected chi connectivity index (χ0v) is 10.1. The zero-order chi connectivity index (χ0) is 11.1. The number of aryl methyl sites for hydroxylation is 1. The van der Waals surface area contributed by atoms with Gasteiger partial charge in [0.1, 0.15) is 0 Å². The van der Waals surface area contributed by atoms with Gasteiger partial charge < -0.3 is 4.42 Å². The lowest BCUT2D eigenvalue weighted by Gasteiger charge is -2.00. The molecule has 0 saturated heterocycles. The smallest absolute Gasteiger partial charge is 0.204 e. The number of halogens is 1. The van der Waals surface area contributed by atoms with Gasteiger partial charge in [-0.1, -0.05) is 6.07 Å². The minimum absolute atomic E-state index is 0.688. The Balaban J connectivity index is 2.32. The van der Waals surface area contributed by atoms with Crippen LogP contribution in [0, 0.1) is 6.92 Å². The van der Waals surface area contributed by atoms with Crippen molar-refractivity contribution in [2.75, 3.05) is 0 Å². The molecule has 0 unspecified atom stereocenters. The van der Waals surface area contributed by atoms with Crippen molar-refractivity contribution in [1.82, 2.24) is 14.6 Å². The molecule has 0 saturated carbocycles. The molecular weight excluding hydrogens is 270 g/mol. The number of aromatic nitrogens is 3. The molecule has 0 radical (unpaired) electrons. The Morgan fingerprint density at radius 3 is 2.81 bits per heavy atom. The molecule has 0 atom stereocenters. The molecule has 3 rings (SSSR count). The number of rotatable bonds is 1. The van der Waals surface area contributed by atoms with Gasteiger partial charge in [0.25, 0.3) is 0 Å². The number of furan rings is 1. The van der Waals surface area contributed by atoms with E-state index < -0.39 is 0 Å². The summed E-state index contributed by atoms with van der Waals surface area (Å²) in [7, 11) is 0. The van der Waals surface area contributed by atoms with Gasteiger partial charge >= 0.3 is 0 Å². The van der Waals surface area contributed by atoms with Crippen LogP contribution in [-0.2, 0) is 0 Å². The SMILES string of the molecule is Cc1cccc2nnc(-c3ccc(Br)o3)n12. The third-order valence-corrected chi connectivity index (χ3v) is 2.84. The average Bonchev–Trinajstić information content (AvgIpc) is 2.84. The van der Waals surface area contributed by atoms with Crippen LogP contribution < -0.4 is 0 Å². The molecule has 0 bridgehead atoms. The monoisotopic (exact) mass is 277 g/mol.